The summed E-state index contributed by atoms with van der Waals surface area (Å²) in [7, 11) is 1.55. The van der Waals surface area contributed by atoms with E-state index in [4.69, 9.17) is 4.74 Å². The van der Waals surface area contributed by atoms with Crippen LogP contribution in [0.4, 0.5) is 0 Å². The molecule has 2 unspecified atom stereocenters. The van der Waals surface area contributed by atoms with Gasteiger partial charge in [0.15, 0.2) is 0 Å². The molecule has 1 aliphatic rings. The summed E-state index contributed by atoms with van der Waals surface area (Å²) in [6.07, 6.45) is -1.45. The second-order valence-corrected chi connectivity index (χ2v) is 9.46. The molecule has 33 heavy (non-hydrogen) atoms. The number of carbonyl (C=O) groups is 1. The number of amides is 1. The highest BCUT2D eigenvalue weighted by Crippen LogP contribution is 2.34. The number of nitrogens with one attached hydrogen (secondary N) is 1. The molecule has 3 N–H and O–H groups in total. The van der Waals surface area contributed by atoms with Crippen LogP contribution in [-0.4, -0.2) is 57.5 Å². The van der Waals surface area contributed by atoms with Gasteiger partial charge in [0.25, 0.3) is 5.91 Å². The minimum atomic E-state index is -1.02. The van der Waals surface area contributed by atoms with Crippen molar-refractivity contribution in [3.05, 3.63) is 70.9 Å². The quantitative estimate of drug-likeness (QED) is 0.462. The Hall–Kier alpha value is -2.78. The predicted octanol–water partition coefficient (Wildman–Crippen LogP) is 3.20. The average Bonchev–Trinajstić information content (AvgIpc) is 3.39. The maximum Gasteiger partial charge on any atom is 0.254 e. The third kappa shape index (κ3) is 4.79. The van der Waals surface area contributed by atoms with Gasteiger partial charge in [-0.25, -0.2) is 4.98 Å². The molecule has 2 aromatic carbocycles. The Bertz CT molecular complexity index is 1120. The van der Waals surface area contributed by atoms with Gasteiger partial charge in [-0.1, -0.05) is 30.3 Å². The maximum atomic E-state index is 13.2. The molecule has 1 saturated heterocycles. The summed E-state index contributed by atoms with van der Waals surface area (Å²) in [6, 6.07) is 15.0. The zero-order valence-corrected chi connectivity index (χ0v) is 19.8. The standard InChI is InChI=1S/C25H29N3O4S/c1-16-22(33-15-27-16)18-9-7-17(8-10-18)13-26-24(31)25(2)12-20(29)14-28(25)23(30)19-5-4-6-21(11-19)32-3/h4-11,15,20,24,26,29,31H,12-14H2,1-3H3/t20-,24?,25?/m1/s1. The van der Waals surface area contributed by atoms with Crippen molar-refractivity contribution in [3.8, 4) is 16.2 Å². The molecule has 1 amide bonds. The van der Waals surface area contributed by atoms with E-state index in [0.29, 0.717) is 17.9 Å². The number of hydrogen-bond acceptors (Lipinski definition) is 7. The number of carbonyl (C=O) groups excluding carboxylic acids is 1. The highest BCUT2D eigenvalue weighted by Gasteiger charge is 2.49. The van der Waals surface area contributed by atoms with Gasteiger partial charge in [0, 0.05) is 25.1 Å². The number of aliphatic hydroxyl groups excluding tert-OH is 2. The molecule has 0 bridgehead atoms. The highest BCUT2D eigenvalue weighted by atomic mass is 32.1. The number of likely N-dealkylation sites (tertiary alicyclic amines) is 1. The topological polar surface area (TPSA) is 94.9 Å². The minimum absolute atomic E-state index is 0.161. The Morgan fingerprint density at radius 2 is 2.09 bits per heavy atom. The van der Waals surface area contributed by atoms with E-state index in [-0.39, 0.29) is 18.9 Å². The number of aryl methyl sites for hydroxylation is 1. The first kappa shape index (κ1) is 23.4. The number of β-amino-alcohol motifs (C(OH)–C–C–N with tert-alkyl or cyclic N) is 1. The molecule has 0 saturated carbocycles. The first-order valence-corrected chi connectivity index (χ1v) is 11.7. The summed E-state index contributed by atoms with van der Waals surface area (Å²) in [5, 5.41) is 24.5. The normalized spacial score (nSPS) is 21.2. The number of aromatic nitrogens is 1. The molecule has 3 atom stereocenters. The van der Waals surface area contributed by atoms with Crippen LogP contribution in [0.2, 0.25) is 0 Å². The van der Waals surface area contributed by atoms with Gasteiger partial charge in [-0.05, 0) is 43.2 Å². The van der Waals surface area contributed by atoms with E-state index >= 15 is 0 Å². The number of nitrogens with zero attached hydrogens (tertiary/aromatic N) is 2. The van der Waals surface area contributed by atoms with Crippen LogP contribution in [0.25, 0.3) is 10.4 Å². The lowest BCUT2D eigenvalue weighted by molar-refractivity contribution is -0.0118. The van der Waals surface area contributed by atoms with Crippen LogP contribution in [0, 0.1) is 6.92 Å². The average molecular weight is 468 g/mol. The monoisotopic (exact) mass is 467 g/mol. The van der Waals surface area contributed by atoms with Crippen molar-refractivity contribution in [2.24, 2.45) is 0 Å². The van der Waals surface area contributed by atoms with E-state index in [2.05, 4.69) is 10.3 Å². The van der Waals surface area contributed by atoms with Crippen molar-refractivity contribution < 1.29 is 19.7 Å². The fourth-order valence-electron chi connectivity index (χ4n) is 4.34. The van der Waals surface area contributed by atoms with Gasteiger partial charge >= 0.3 is 0 Å². The van der Waals surface area contributed by atoms with Crippen molar-refractivity contribution >= 4 is 17.2 Å². The molecule has 8 heteroatoms. The van der Waals surface area contributed by atoms with Crippen LogP contribution in [0.3, 0.4) is 0 Å². The van der Waals surface area contributed by atoms with Gasteiger partial charge in [-0.15, -0.1) is 11.3 Å². The Morgan fingerprint density at radius 1 is 1.33 bits per heavy atom. The first-order valence-electron chi connectivity index (χ1n) is 10.9. The Balaban J connectivity index is 1.46. The lowest BCUT2D eigenvalue weighted by Crippen LogP contribution is -2.58. The van der Waals surface area contributed by atoms with Gasteiger partial charge in [0.1, 0.15) is 12.0 Å². The molecule has 3 aromatic rings. The van der Waals surface area contributed by atoms with Gasteiger partial charge in [0.05, 0.1) is 34.8 Å². The summed E-state index contributed by atoms with van der Waals surface area (Å²) in [6.45, 7) is 4.38. The summed E-state index contributed by atoms with van der Waals surface area (Å²) in [5.41, 5.74) is 4.46. The lowest BCUT2D eigenvalue weighted by atomic mass is 9.94. The fourth-order valence-corrected chi connectivity index (χ4v) is 5.16. The van der Waals surface area contributed by atoms with Crippen molar-refractivity contribution in [1.29, 1.82) is 0 Å². The van der Waals surface area contributed by atoms with E-state index < -0.39 is 17.9 Å². The molecule has 0 radical (unpaired) electrons. The zero-order valence-electron chi connectivity index (χ0n) is 19.0. The van der Waals surface area contributed by atoms with Crippen LogP contribution >= 0.6 is 11.3 Å². The zero-order chi connectivity index (χ0) is 23.6. The van der Waals surface area contributed by atoms with E-state index in [0.717, 1.165) is 21.7 Å². The van der Waals surface area contributed by atoms with Gasteiger partial charge in [-0.2, -0.15) is 0 Å². The molecule has 1 aliphatic heterocycles. The van der Waals surface area contributed by atoms with E-state index in [1.165, 1.54) is 0 Å². The smallest absolute Gasteiger partial charge is 0.254 e. The van der Waals surface area contributed by atoms with Gasteiger partial charge in [0.2, 0.25) is 0 Å². The van der Waals surface area contributed by atoms with Crippen molar-refractivity contribution in [2.75, 3.05) is 13.7 Å². The number of ether oxygens (including phenoxy) is 1. The van der Waals surface area contributed by atoms with Gasteiger partial charge < -0.3 is 19.8 Å². The fraction of sp³-hybridized carbons (Fsp3) is 0.360. The molecular weight excluding hydrogens is 438 g/mol. The van der Waals surface area contributed by atoms with Crippen LogP contribution in [0.1, 0.15) is 35.0 Å². The second kappa shape index (κ2) is 9.61. The Kier molecular flexibility index (Phi) is 6.81. The number of methoxy groups -OCH3 is 1. The van der Waals surface area contributed by atoms with Gasteiger partial charge in [-0.3, -0.25) is 10.1 Å². The van der Waals surface area contributed by atoms with Crippen LogP contribution in [-0.2, 0) is 6.54 Å². The van der Waals surface area contributed by atoms with Crippen LogP contribution < -0.4 is 10.1 Å². The van der Waals surface area contributed by atoms with Crippen molar-refractivity contribution in [1.82, 2.24) is 15.2 Å². The number of thiazole rings is 1. The molecule has 1 aromatic heterocycles. The molecule has 174 valence electrons. The number of aliphatic hydroxyl groups is 2. The van der Waals surface area contributed by atoms with Crippen molar-refractivity contribution in [2.45, 2.75) is 44.7 Å². The van der Waals surface area contributed by atoms with E-state index in [1.807, 2.05) is 36.7 Å². The molecule has 1 fully saturated rings. The third-order valence-electron chi connectivity index (χ3n) is 6.27. The minimum Gasteiger partial charge on any atom is -0.497 e. The van der Waals surface area contributed by atoms with E-state index in [9.17, 15) is 15.0 Å². The number of hydrogen-bond donors (Lipinski definition) is 3. The highest BCUT2D eigenvalue weighted by molar-refractivity contribution is 7.13. The Morgan fingerprint density at radius 3 is 2.76 bits per heavy atom. The SMILES string of the molecule is COc1cccc(C(=O)N2C[C@H](O)CC2(C)C(O)NCc2ccc(-c3scnc3C)cc2)c1. The molecule has 7 nitrogen and oxygen atoms in total. The first-order chi connectivity index (χ1) is 15.8. The second-order valence-electron chi connectivity index (χ2n) is 8.61. The molecule has 4 rings (SSSR count). The van der Waals surface area contributed by atoms with E-state index in [1.54, 1.807) is 54.5 Å². The predicted molar refractivity (Wildman–Crippen MR) is 128 cm³/mol. The largest absolute Gasteiger partial charge is 0.497 e. The summed E-state index contributed by atoms with van der Waals surface area (Å²) < 4.78 is 5.23. The van der Waals surface area contributed by atoms with Crippen LogP contribution in [0.5, 0.6) is 5.75 Å². The molecule has 2 heterocycles. The Labute approximate surface area is 197 Å². The summed E-state index contributed by atoms with van der Waals surface area (Å²) in [5.74, 6) is 0.330. The third-order valence-corrected chi connectivity index (χ3v) is 7.25. The summed E-state index contributed by atoms with van der Waals surface area (Å²) in [4.78, 5) is 20.3. The summed E-state index contributed by atoms with van der Waals surface area (Å²) >= 11 is 1.61. The molecule has 0 spiro atoms. The number of rotatable bonds is 7. The van der Waals surface area contributed by atoms with Crippen LogP contribution in [0.15, 0.2) is 54.0 Å². The number of benzene rings is 2. The lowest BCUT2D eigenvalue weighted by Gasteiger charge is -2.39. The molecule has 0 aliphatic carbocycles. The maximum absolute atomic E-state index is 13.2. The van der Waals surface area contributed by atoms with Crippen molar-refractivity contribution in [3.63, 3.8) is 0 Å². The molecular formula is C25H29N3O4S.